The maximum absolute atomic E-state index is 2.43. The van der Waals surface area contributed by atoms with Crippen molar-refractivity contribution in [1.82, 2.24) is 0 Å². The third-order valence-corrected chi connectivity index (χ3v) is 9.82. The van der Waals surface area contributed by atoms with E-state index < -0.39 is 0 Å². The van der Waals surface area contributed by atoms with Gasteiger partial charge < -0.3 is 0 Å². The SMILES string of the molecule is CC1(C)c2cc(-c3ccc4ccccc4c3)ccc2-c2ccc(-c3ccc4c(ccc5ccc6ccccc6c54)c3)cc21. The van der Waals surface area contributed by atoms with E-state index in [0.29, 0.717) is 0 Å². The maximum Gasteiger partial charge on any atom is 0.0159 e. The van der Waals surface area contributed by atoms with Gasteiger partial charge in [0.05, 0.1) is 0 Å². The van der Waals surface area contributed by atoms with E-state index in [1.165, 1.54) is 87.6 Å². The van der Waals surface area contributed by atoms with Crippen LogP contribution in [-0.2, 0) is 5.41 Å². The van der Waals surface area contributed by atoms with Crippen molar-refractivity contribution < 1.29 is 0 Å². The molecule has 8 aromatic carbocycles. The molecule has 0 heteroatoms. The third-order valence-electron chi connectivity index (χ3n) is 9.82. The molecule has 0 atom stereocenters. The summed E-state index contributed by atoms with van der Waals surface area (Å²) in [7, 11) is 0. The van der Waals surface area contributed by atoms with Crippen LogP contribution in [0.3, 0.4) is 0 Å². The first-order chi connectivity index (χ1) is 21.0. The Morgan fingerprint density at radius 3 is 1.53 bits per heavy atom. The second-order valence-corrected chi connectivity index (χ2v) is 12.6. The van der Waals surface area contributed by atoms with Crippen molar-refractivity contribution in [2.45, 2.75) is 19.3 Å². The van der Waals surface area contributed by atoms with E-state index in [2.05, 4.69) is 159 Å². The zero-order valence-electron chi connectivity index (χ0n) is 24.4. The molecular formula is C43H30. The minimum absolute atomic E-state index is 0.0838. The second kappa shape index (κ2) is 8.90. The van der Waals surface area contributed by atoms with Crippen molar-refractivity contribution >= 4 is 43.1 Å². The van der Waals surface area contributed by atoms with Crippen molar-refractivity contribution in [3.05, 3.63) is 157 Å². The zero-order valence-corrected chi connectivity index (χ0v) is 24.4. The lowest BCUT2D eigenvalue weighted by atomic mass is 9.80. The van der Waals surface area contributed by atoms with Crippen LogP contribution in [0.1, 0.15) is 25.0 Å². The van der Waals surface area contributed by atoms with Gasteiger partial charge in [-0.2, -0.15) is 0 Å². The Balaban J connectivity index is 1.14. The third kappa shape index (κ3) is 3.63. The van der Waals surface area contributed by atoms with E-state index in [-0.39, 0.29) is 5.41 Å². The van der Waals surface area contributed by atoms with Crippen LogP contribution in [0.25, 0.3) is 76.5 Å². The van der Waals surface area contributed by atoms with Gasteiger partial charge in [-0.3, -0.25) is 0 Å². The monoisotopic (exact) mass is 546 g/mol. The predicted molar refractivity (Wildman–Crippen MR) is 185 cm³/mol. The van der Waals surface area contributed by atoms with E-state index in [1.807, 2.05) is 0 Å². The molecule has 0 N–H and O–H groups in total. The average Bonchev–Trinajstić information content (AvgIpc) is 3.29. The number of fused-ring (bicyclic) bond motifs is 9. The molecule has 43 heavy (non-hydrogen) atoms. The molecule has 0 aliphatic heterocycles. The molecule has 8 aromatic rings. The highest BCUT2D eigenvalue weighted by Crippen LogP contribution is 2.51. The van der Waals surface area contributed by atoms with Gasteiger partial charge in [-0.25, -0.2) is 0 Å². The Kier molecular flexibility index (Phi) is 5.05. The largest absolute Gasteiger partial charge is 0.0616 e. The van der Waals surface area contributed by atoms with Gasteiger partial charge in [-0.05, 0) is 112 Å². The lowest BCUT2D eigenvalue weighted by Crippen LogP contribution is -2.15. The first-order valence-electron chi connectivity index (χ1n) is 15.2. The molecule has 0 bridgehead atoms. The van der Waals surface area contributed by atoms with Crippen LogP contribution >= 0.6 is 0 Å². The number of benzene rings is 8. The molecule has 0 heterocycles. The topological polar surface area (TPSA) is 0 Å². The predicted octanol–water partition coefficient (Wildman–Crippen LogP) is 11.9. The summed E-state index contributed by atoms with van der Waals surface area (Å²) in [6.07, 6.45) is 0. The van der Waals surface area contributed by atoms with Gasteiger partial charge in [0, 0.05) is 5.41 Å². The molecule has 1 aliphatic carbocycles. The van der Waals surface area contributed by atoms with Gasteiger partial charge in [-0.15, -0.1) is 0 Å². The summed E-state index contributed by atoms with van der Waals surface area (Å²) in [6, 6.07) is 54.3. The van der Waals surface area contributed by atoms with Crippen LogP contribution in [-0.4, -0.2) is 0 Å². The van der Waals surface area contributed by atoms with Gasteiger partial charge in [0.15, 0.2) is 0 Å². The van der Waals surface area contributed by atoms with Crippen molar-refractivity contribution in [1.29, 1.82) is 0 Å². The smallest absolute Gasteiger partial charge is 0.0159 e. The van der Waals surface area contributed by atoms with Gasteiger partial charge in [0.1, 0.15) is 0 Å². The molecule has 0 saturated heterocycles. The molecule has 0 spiro atoms. The number of hydrogen-bond donors (Lipinski definition) is 0. The summed E-state index contributed by atoms with van der Waals surface area (Å²) in [5.74, 6) is 0. The van der Waals surface area contributed by atoms with Crippen LogP contribution in [0.15, 0.2) is 146 Å². The Bertz CT molecular complexity index is 2420. The lowest BCUT2D eigenvalue weighted by molar-refractivity contribution is 0.661. The second-order valence-electron chi connectivity index (χ2n) is 12.6. The molecule has 0 amide bonds. The fourth-order valence-corrected chi connectivity index (χ4v) is 7.48. The van der Waals surface area contributed by atoms with Gasteiger partial charge in [0.2, 0.25) is 0 Å². The number of hydrogen-bond acceptors (Lipinski definition) is 0. The van der Waals surface area contributed by atoms with Crippen LogP contribution < -0.4 is 0 Å². The molecule has 202 valence electrons. The van der Waals surface area contributed by atoms with Gasteiger partial charge >= 0.3 is 0 Å². The summed E-state index contributed by atoms with van der Waals surface area (Å²) in [5.41, 5.74) is 10.5. The first-order valence-corrected chi connectivity index (χ1v) is 15.2. The molecule has 0 unspecified atom stereocenters. The first kappa shape index (κ1) is 24.4. The minimum Gasteiger partial charge on any atom is -0.0616 e. The molecule has 0 fully saturated rings. The Morgan fingerprint density at radius 1 is 0.349 bits per heavy atom. The molecular weight excluding hydrogens is 516 g/mol. The zero-order chi connectivity index (χ0) is 28.7. The van der Waals surface area contributed by atoms with Crippen LogP contribution in [0, 0.1) is 0 Å². The highest BCUT2D eigenvalue weighted by Gasteiger charge is 2.35. The van der Waals surface area contributed by atoms with E-state index in [1.54, 1.807) is 0 Å². The molecule has 1 aliphatic rings. The van der Waals surface area contributed by atoms with Crippen LogP contribution in [0.4, 0.5) is 0 Å². The van der Waals surface area contributed by atoms with Crippen LogP contribution in [0.2, 0.25) is 0 Å². The highest BCUT2D eigenvalue weighted by molar-refractivity contribution is 6.20. The fraction of sp³-hybridized carbons (Fsp3) is 0.0698. The summed E-state index contributed by atoms with van der Waals surface area (Å²) >= 11 is 0. The minimum atomic E-state index is -0.0838. The summed E-state index contributed by atoms with van der Waals surface area (Å²) in [4.78, 5) is 0. The van der Waals surface area contributed by atoms with Crippen LogP contribution in [0.5, 0.6) is 0 Å². The Hall–Kier alpha value is -5.20. The average molecular weight is 547 g/mol. The molecule has 0 saturated carbocycles. The van der Waals surface area contributed by atoms with Crippen molar-refractivity contribution in [3.8, 4) is 33.4 Å². The van der Waals surface area contributed by atoms with Crippen molar-refractivity contribution in [2.75, 3.05) is 0 Å². The maximum atomic E-state index is 2.43. The van der Waals surface area contributed by atoms with E-state index >= 15 is 0 Å². The van der Waals surface area contributed by atoms with Gasteiger partial charge in [-0.1, -0.05) is 135 Å². The van der Waals surface area contributed by atoms with E-state index in [4.69, 9.17) is 0 Å². The normalized spacial score (nSPS) is 13.5. The number of rotatable bonds is 2. The molecule has 0 radical (unpaired) electrons. The Labute approximate surface area is 251 Å². The van der Waals surface area contributed by atoms with E-state index in [9.17, 15) is 0 Å². The standard InChI is InChI=1S/C43H30/c1-43(2)40-25-33(31-15-11-27-7-3-4-9-30(27)23-31)18-21-38(40)39-22-19-34(26-41(39)43)32-17-20-37-35(24-32)16-14-29-13-12-28-8-5-6-10-36(28)42(29)37/h3-26H,1-2H3. The quantitative estimate of drug-likeness (QED) is 0.189. The highest BCUT2D eigenvalue weighted by atomic mass is 14.4. The molecule has 0 aromatic heterocycles. The summed E-state index contributed by atoms with van der Waals surface area (Å²) in [6.45, 7) is 4.76. The fourth-order valence-electron chi connectivity index (χ4n) is 7.48. The summed E-state index contributed by atoms with van der Waals surface area (Å²) in [5, 5.41) is 10.4. The van der Waals surface area contributed by atoms with Gasteiger partial charge in [0.25, 0.3) is 0 Å². The van der Waals surface area contributed by atoms with Crippen molar-refractivity contribution in [3.63, 3.8) is 0 Å². The lowest BCUT2D eigenvalue weighted by Gasteiger charge is -2.23. The molecule has 0 nitrogen and oxygen atoms in total. The summed E-state index contributed by atoms with van der Waals surface area (Å²) < 4.78 is 0. The van der Waals surface area contributed by atoms with E-state index in [0.717, 1.165) is 0 Å². The van der Waals surface area contributed by atoms with Crippen molar-refractivity contribution in [2.24, 2.45) is 0 Å². The Morgan fingerprint density at radius 2 is 0.814 bits per heavy atom. The molecule has 9 rings (SSSR count).